The van der Waals surface area contributed by atoms with Crippen LogP contribution in [0, 0.1) is 13.8 Å². The number of aromatic nitrogens is 1. The number of benzene rings is 2. The zero-order valence-corrected chi connectivity index (χ0v) is 16.8. The van der Waals surface area contributed by atoms with Crippen LogP contribution >= 0.6 is 11.6 Å². The number of aryl methyl sites for hydroxylation is 1. The topological polar surface area (TPSA) is 85.3 Å². The van der Waals surface area contributed by atoms with Gasteiger partial charge in [0.05, 0.1) is 16.8 Å². The van der Waals surface area contributed by atoms with Crippen molar-refractivity contribution in [2.45, 2.75) is 20.0 Å². The molecule has 1 heterocycles. The Bertz CT molecular complexity index is 1070. The summed E-state index contributed by atoms with van der Waals surface area (Å²) in [5.41, 5.74) is 5.31. The number of carboxylic acid groups (broad SMARTS) is 1. The summed E-state index contributed by atoms with van der Waals surface area (Å²) in [6.45, 7) is 3.07. The molecule has 3 rings (SSSR count). The number of amides is 1. The van der Waals surface area contributed by atoms with E-state index in [1.807, 2.05) is 0 Å². The lowest BCUT2D eigenvalue weighted by atomic mass is 10.1. The molecule has 0 fully saturated rings. The van der Waals surface area contributed by atoms with E-state index in [9.17, 15) is 22.8 Å². The molecular formula is C21H18ClF3N2O3. The molecule has 3 aromatic rings. The SMILES string of the molecule is Cc1cc(C(=O)O)c(C)n1-c1ccccc1C(F)(F)F.NC(=O)c1ccc(Cl)cc1. The van der Waals surface area contributed by atoms with Crippen molar-refractivity contribution in [3.8, 4) is 5.69 Å². The van der Waals surface area contributed by atoms with Gasteiger partial charge in [0.2, 0.25) is 5.91 Å². The maximum Gasteiger partial charge on any atom is 0.418 e. The fourth-order valence-corrected chi connectivity index (χ4v) is 3.00. The largest absolute Gasteiger partial charge is 0.478 e. The van der Waals surface area contributed by atoms with Gasteiger partial charge in [-0.1, -0.05) is 23.7 Å². The Morgan fingerprint density at radius 2 is 1.60 bits per heavy atom. The number of hydrogen-bond acceptors (Lipinski definition) is 2. The Labute approximate surface area is 175 Å². The number of aromatic carboxylic acids is 1. The zero-order chi connectivity index (χ0) is 22.6. The van der Waals surface area contributed by atoms with Gasteiger partial charge >= 0.3 is 12.1 Å². The third kappa shape index (κ3) is 5.21. The first-order valence-corrected chi connectivity index (χ1v) is 8.95. The third-order valence-corrected chi connectivity index (χ3v) is 4.49. The van der Waals surface area contributed by atoms with Crippen molar-refractivity contribution in [1.29, 1.82) is 0 Å². The van der Waals surface area contributed by atoms with Gasteiger partial charge in [-0.15, -0.1) is 0 Å². The van der Waals surface area contributed by atoms with Gasteiger partial charge in [0.1, 0.15) is 0 Å². The van der Waals surface area contributed by atoms with Gasteiger partial charge in [0.15, 0.2) is 0 Å². The van der Waals surface area contributed by atoms with Crippen LogP contribution in [0.2, 0.25) is 5.02 Å². The van der Waals surface area contributed by atoms with E-state index in [2.05, 4.69) is 0 Å². The average molecular weight is 439 g/mol. The Balaban J connectivity index is 0.000000269. The van der Waals surface area contributed by atoms with E-state index in [0.717, 1.165) is 6.07 Å². The number of primary amides is 1. The lowest BCUT2D eigenvalue weighted by Crippen LogP contribution is -2.12. The Morgan fingerprint density at radius 1 is 1.03 bits per heavy atom. The molecular weight excluding hydrogens is 421 g/mol. The lowest BCUT2D eigenvalue weighted by molar-refractivity contribution is -0.137. The van der Waals surface area contributed by atoms with Crippen molar-refractivity contribution in [1.82, 2.24) is 4.57 Å². The molecule has 158 valence electrons. The molecule has 5 nitrogen and oxygen atoms in total. The molecule has 2 aromatic carbocycles. The summed E-state index contributed by atoms with van der Waals surface area (Å²) in [5, 5.41) is 9.65. The van der Waals surface area contributed by atoms with Gasteiger partial charge in [0.25, 0.3) is 0 Å². The van der Waals surface area contributed by atoms with E-state index in [1.165, 1.54) is 35.8 Å². The van der Waals surface area contributed by atoms with Gasteiger partial charge in [-0.3, -0.25) is 4.79 Å². The van der Waals surface area contributed by atoms with E-state index < -0.39 is 23.6 Å². The van der Waals surface area contributed by atoms with E-state index in [-0.39, 0.29) is 16.9 Å². The number of carbonyl (C=O) groups is 2. The number of para-hydroxylation sites is 1. The second-order valence-electron chi connectivity index (χ2n) is 6.31. The summed E-state index contributed by atoms with van der Waals surface area (Å²) in [5.74, 6) is -1.59. The fourth-order valence-electron chi connectivity index (χ4n) is 2.87. The molecule has 9 heteroatoms. The van der Waals surface area contributed by atoms with Gasteiger partial charge in [-0.05, 0) is 56.3 Å². The summed E-state index contributed by atoms with van der Waals surface area (Å²) in [7, 11) is 0. The normalized spacial score (nSPS) is 10.9. The number of nitrogens with zero attached hydrogens (tertiary/aromatic N) is 1. The van der Waals surface area contributed by atoms with Crippen LogP contribution in [0.3, 0.4) is 0 Å². The average Bonchev–Trinajstić information content (AvgIpc) is 2.96. The van der Waals surface area contributed by atoms with Crippen LogP contribution in [0.4, 0.5) is 13.2 Å². The van der Waals surface area contributed by atoms with Gasteiger partial charge in [-0.25, -0.2) is 4.79 Å². The minimum absolute atomic E-state index is 0.000484. The molecule has 0 saturated carbocycles. The molecule has 1 amide bonds. The highest BCUT2D eigenvalue weighted by Gasteiger charge is 2.34. The highest BCUT2D eigenvalue weighted by Crippen LogP contribution is 2.35. The Kier molecular flexibility index (Phi) is 6.94. The van der Waals surface area contributed by atoms with Crippen LogP contribution in [-0.4, -0.2) is 21.6 Å². The predicted molar refractivity (Wildman–Crippen MR) is 107 cm³/mol. The fraction of sp³-hybridized carbons (Fsp3) is 0.143. The molecule has 0 atom stereocenters. The van der Waals surface area contributed by atoms with Crippen LogP contribution < -0.4 is 5.73 Å². The van der Waals surface area contributed by atoms with Crippen LogP contribution in [0.1, 0.15) is 37.7 Å². The second kappa shape index (κ2) is 9.04. The van der Waals surface area contributed by atoms with Crippen molar-refractivity contribution >= 4 is 23.5 Å². The second-order valence-corrected chi connectivity index (χ2v) is 6.75. The number of hydrogen-bond donors (Lipinski definition) is 2. The van der Waals surface area contributed by atoms with E-state index in [0.29, 0.717) is 16.3 Å². The van der Waals surface area contributed by atoms with E-state index in [4.69, 9.17) is 22.4 Å². The number of halogens is 4. The smallest absolute Gasteiger partial charge is 0.418 e. The number of rotatable bonds is 3. The molecule has 0 bridgehead atoms. The molecule has 3 N–H and O–H groups in total. The quantitative estimate of drug-likeness (QED) is 0.585. The van der Waals surface area contributed by atoms with E-state index in [1.54, 1.807) is 31.2 Å². The van der Waals surface area contributed by atoms with Gasteiger partial charge < -0.3 is 15.4 Å². The van der Waals surface area contributed by atoms with Crippen LogP contribution in [0.15, 0.2) is 54.6 Å². The predicted octanol–water partition coefficient (Wildman–Crippen LogP) is 5.25. The van der Waals surface area contributed by atoms with Crippen LogP contribution in [0.25, 0.3) is 5.69 Å². The van der Waals surface area contributed by atoms with Crippen molar-refractivity contribution < 1.29 is 27.9 Å². The molecule has 0 saturated heterocycles. The number of carboxylic acids is 1. The van der Waals surface area contributed by atoms with Gasteiger partial charge in [-0.2, -0.15) is 13.2 Å². The maximum absolute atomic E-state index is 13.0. The number of alkyl halides is 3. The van der Waals surface area contributed by atoms with Crippen molar-refractivity contribution in [3.63, 3.8) is 0 Å². The lowest BCUT2D eigenvalue weighted by Gasteiger charge is -2.16. The molecule has 0 aliphatic carbocycles. The molecule has 0 spiro atoms. The first-order chi connectivity index (χ1) is 13.9. The maximum atomic E-state index is 13.0. The van der Waals surface area contributed by atoms with E-state index >= 15 is 0 Å². The summed E-state index contributed by atoms with van der Waals surface area (Å²) in [6, 6.07) is 12.9. The molecule has 0 aliphatic rings. The van der Waals surface area contributed by atoms with Crippen LogP contribution in [-0.2, 0) is 6.18 Å². The zero-order valence-electron chi connectivity index (χ0n) is 16.0. The van der Waals surface area contributed by atoms with Crippen molar-refractivity contribution in [3.05, 3.63) is 87.7 Å². The Hall–Kier alpha value is -3.26. The van der Waals surface area contributed by atoms with Crippen molar-refractivity contribution in [2.75, 3.05) is 0 Å². The molecule has 1 aromatic heterocycles. The minimum atomic E-state index is -4.50. The monoisotopic (exact) mass is 438 g/mol. The number of carbonyl (C=O) groups excluding carboxylic acids is 1. The summed E-state index contributed by atoms with van der Waals surface area (Å²) >= 11 is 5.56. The number of nitrogens with two attached hydrogens (primary N) is 1. The molecule has 0 aliphatic heterocycles. The Morgan fingerprint density at radius 3 is 2.07 bits per heavy atom. The third-order valence-electron chi connectivity index (χ3n) is 4.24. The molecule has 0 unspecified atom stereocenters. The molecule has 0 radical (unpaired) electrons. The highest BCUT2D eigenvalue weighted by atomic mass is 35.5. The van der Waals surface area contributed by atoms with Crippen molar-refractivity contribution in [2.24, 2.45) is 5.73 Å². The van der Waals surface area contributed by atoms with Crippen LogP contribution in [0.5, 0.6) is 0 Å². The summed E-state index contributed by atoms with van der Waals surface area (Å²) in [4.78, 5) is 21.6. The summed E-state index contributed by atoms with van der Waals surface area (Å²) < 4.78 is 40.4. The van der Waals surface area contributed by atoms with Gasteiger partial charge in [0, 0.05) is 22.0 Å². The first kappa shape index (κ1) is 23.0. The highest BCUT2D eigenvalue weighted by molar-refractivity contribution is 6.30. The minimum Gasteiger partial charge on any atom is -0.478 e. The first-order valence-electron chi connectivity index (χ1n) is 8.57. The molecule has 30 heavy (non-hydrogen) atoms. The standard InChI is InChI=1S/C14H12F3NO2.C7H6ClNO/c1-8-7-10(13(19)20)9(2)18(8)12-6-4-3-5-11(12)14(15,16)17;8-6-3-1-5(2-4-6)7(9)10/h3-7H,1-2H3,(H,19,20);1-4H,(H2,9,10). The summed E-state index contributed by atoms with van der Waals surface area (Å²) in [6.07, 6.45) is -4.50.